The number of rotatable bonds is 40. The monoisotopic (exact) mass is 779 g/mol. The third-order valence-corrected chi connectivity index (χ3v) is 10.4. The summed E-state index contributed by atoms with van der Waals surface area (Å²) in [4.78, 5) is 22.7. The van der Waals surface area contributed by atoms with Crippen LogP contribution in [0.4, 0.5) is 0 Å². The minimum Gasteiger partial charge on any atom is -0.391 e. The molecule has 0 aromatic heterocycles. The number of allylic oxidation sites excluding steroid dienone is 10. The first-order valence-electron chi connectivity index (χ1n) is 21.9. The molecular weight excluding hydrogens is 695 g/mol. The molecule has 0 aromatic carbocycles. The van der Waals surface area contributed by atoms with Gasteiger partial charge in [-0.1, -0.05) is 190 Å². The molecule has 0 aliphatic carbocycles. The second kappa shape index (κ2) is 40.9. The molecule has 5 N–H and O–H groups in total. The smallest absolute Gasteiger partial charge is 0.391 e. The van der Waals surface area contributed by atoms with Gasteiger partial charge in [0.25, 0.3) is 0 Å². The minimum atomic E-state index is -4.33. The molecule has 0 saturated carbocycles. The highest BCUT2D eigenvalue weighted by atomic mass is 31.2. The predicted octanol–water partition coefficient (Wildman–Crippen LogP) is 12.3. The number of carbonyl (C=O) groups is 1. The van der Waals surface area contributed by atoms with Crippen molar-refractivity contribution in [3.8, 4) is 0 Å². The van der Waals surface area contributed by atoms with Crippen LogP contribution in [0.15, 0.2) is 60.8 Å². The number of nitrogens with one attached hydrogen (secondary N) is 1. The molecular formula is C45H83N2O6P. The predicted molar refractivity (Wildman–Crippen MR) is 230 cm³/mol. The van der Waals surface area contributed by atoms with Gasteiger partial charge in [0, 0.05) is 13.0 Å². The highest BCUT2D eigenvalue weighted by Crippen LogP contribution is 2.43. The molecule has 0 fully saturated rings. The number of unbranched alkanes of at least 4 members (excludes halogenated alkanes) is 18. The van der Waals surface area contributed by atoms with Gasteiger partial charge in [-0.05, 0) is 51.4 Å². The lowest BCUT2D eigenvalue weighted by Crippen LogP contribution is -2.46. The molecule has 54 heavy (non-hydrogen) atoms. The fourth-order valence-corrected chi connectivity index (χ4v) is 6.87. The maximum Gasteiger partial charge on any atom is 0.472 e. The van der Waals surface area contributed by atoms with E-state index in [0.717, 1.165) is 57.8 Å². The van der Waals surface area contributed by atoms with Gasteiger partial charge in [0.05, 0.1) is 25.4 Å². The normalized spacial score (nSPS) is 14.7. The molecule has 9 heteroatoms. The topological polar surface area (TPSA) is 131 Å². The molecule has 8 nitrogen and oxygen atoms in total. The summed E-state index contributed by atoms with van der Waals surface area (Å²) in [5, 5.41) is 13.8. The van der Waals surface area contributed by atoms with Crippen molar-refractivity contribution >= 4 is 13.7 Å². The van der Waals surface area contributed by atoms with E-state index >= 15 is 0 Å². The fraction of sp³-hybridized carbons (Fsp3) is 0.756. The first kappa shape index (κ1) is 52.2. The van der Waals surface area contributed by atoms with Gasteiger partial charge in [-0.3, -0.25) is 13.8 Å². The lowest BCUT2D eigenvalue weighted by atomic mass is 10.0. The average molecular weight is 779 g/mol. The van der Waals surface area contributed by atoms with Crippen LogP contribution in [0.1, 0.15) is 187 Å². The molecule has 0 aliphatic heterocycles. The van der Waals surface area contributed by atoms with Crippen LogP contribution in [0.3, 0.4) is 0 Å². The van der Waals surface area contributed by atoms with Gasteiger partial charge in [0.15, 0.2) is 0 Å². The van der Waals surface area contributed by atoms with E-state index in [2.05, 4.69) is 79.9 Å². The first-order chi connectivity index (χ1) is 26.4. The van der Waals surface area contributed by atoms with E-state index in [1.165, 1.54) is 96.3 Å². The van der Waals surface area contributed by atoms with Crippen LogP contribution >= 0.6 is 7.82 Å². The van der Waals surface area contributed by atoms with Gasteiger partial charge in [-0.25, -0.2) is 4.57 Å². The van der Waals surface area contributed by atoms with E-state index in [1.54, 1.807) is 0 Å². The molecule has 3 atom stereocenters. The molecule has 0 saturated heterocycles. The Bertz CT molecular complexity index is 1030. The summed E-state index contributed by atoms with van der Waals surface area (Å²) in [5.41, 5.74) is 5.38. The Morgan fingerprint density at radius 1 is 0.630 bits per heavy atom. The van der Waals surface area contributed by atoms with Gasteiger partial charge in [0.2, 0.25) is 5.91 Å². The third-order valence-electron chi connectivity index (χ3n) is 9.39. The summed E-state index contributed by atoms with van der Waals surface area (Å²) in [7, 11) is -4.33. The highest BCUT2D eigenvalue weighted by molar-refractivity contribution is 7.47. The maximum absolute atomic E-state index is 12.8. The summed E-state index contributed by atoms with van der Waals surface area (Å²) in [6, 6.07) is -0.807. The van der Waals surface area contributed by atoms with Crippen molar-refractivity contribution in [2.45, 2.75) is 199 Å². The molecule has 0 radical (unpaired) electrons. The van der Waals surface area contributed by atoms with Crippen molar-refractivity contribution in [2.24, 2.45) is 5.73 Å². The van der Waals surface area contributed by atoms with Crippen LogP contribution in [0.25, 0.3) is 0 Å². The Labute approximate surface area is 332 Å². The number of phosphoric ester groups is 1. The summed E-state index contributed by atoms with van der Waals surface area (Å²) >= 11 is 0. The molecule has 0 heterocycles. The first-order valence-corrected chi connectivity index (χ1v) is 23.4. The van der Waals surface area contributed by atoms with Crippen LogP contribution in [-0.4, -0.2) is 47.8 Å². The lowest BCUT2D eigenvalue weighted by molar-refractivity contribution is -0.123. The zero-order valence-electron chi connectivity index (χ0n) is 34.7. The Morgan fingerprint density at radius 3 is 1.50 bits per heavy atom. The lowest BCUT2D eigenvalue weighted by Gasteiger charge is -2.25. The van der Waals surface area contributed by atoms with Crippen LogP contribution in [0.5, 0.6) is 0 Å². The molecule has 1 amide bonds. The summed E-state index contributed by atoms with van der Waals surface area (Å²) in [5.74, 6) is -0.219. The van der Waals surface area contributed by atoms with Crippen molar-refractivity contribution in [2.75, 3.05) is 19.8 Å². The van der Waals surface area contributed by atoms with Crippen LogP contribution in [0, 0.1) is 0 Å². The Hall–Kier alpha value is -1.80. The largest absolute Gasteiger partial charge is 0.472 e. The minimum absolute atomic E-state index is 0.0773. The van der Waals surface area contributed by atoms with Crippen molar-refractivity contribution in [3.05, 3.63) is 60.8 Å². The second-order valence-electron chi connectivity index (χ2n) is 14.5. The van der Waals surface area contributed by atoms with Crippen molar-refractivity contribution in [1.29, 1.82) is 0 Å². The van der Waals surface area contributed by atoms with Crippen LogP contribution in [0.2, 0.25) is 0 Å². The number of amides is 1. The Morgan fingerprint density at radius 2 is 1.06 bits per heavy atom. The van der Waals surface area contributed by atoms with E-state index in [4.69, 9.17) is 14.8 Å². The van der Waals surface area contributed by atoms with Crippen molar-refractivity contribution in [3.63, 3.8) is 0 Å². The maximum atomic E-state index is 12.8. The summed E-state index contributed by atoms with van der Waals surface area (Å²) in [6.45, 7) is 4.05. The standard InChI is InChI=1S/C45H83N2O6P/c1-3-5-7-9-11-13-15-17-19-21-23-24-26-28-30-32-34-36-38-44(48)43(42-53-54(50,51)52-41-40-46)47-45(49)39-37-35-33-31-29-27-25-22-20-18-16-14-12-10-8-6-4-2/h6,8,12,14,18,20,25,27,31,33,43-44,48H,3-5,7,9-11,13,15-17,19,21-24,26,28-30,32,34-42,46H2,1-2H3,(H,47,49)(H,50,51)/b8-6-,14-12-,20-18-,27-25-,33-31-. The molecule has 0 bridgehead atoms. The average Bonchev–Trinajstić information content (AvgIpc) is 3.16. The highest BCUT2D eigenvalue weighted by Gasteiger charge is 2.27. The third kappa shape index (κ3) is 38.5. The molecule has 0 spiro atoms. The number of hydrogen-bond acceptors (Lipinski definition) is 6. The zero-order chi connectivity index (χ0) is 39.6. The molecule has 0 rings (SSSR count). The Kier molecular flexibility index (Phi) is 39.5. The Balaban J connectivity index is 4.26. The molecule has 0 aliphatic rings. The number of aliphatic hydroxyl groups is 1. The van der Waals surface area contributed by atoms with Gasteiger partial charge in [0.1, 0.15) is 0 Å². The number of aliphatic hydroxyl groups excluding tert-OH is 1. The van der Waals surface area contributed by atoms with E-state index < -0.39 is 20.0 Å². The van der Waals surface area contributed by atoms with E-state index in [1.807, 2.05) is 0 Å². The molecule has 314 valence electrons. The number of carbonyl (C=O) groups excluding carboxylic acids is 1. The summed E-state index contributed by atoms with van der Waals surface area (Å²) < 4.78 is 22.2. The molecule has 3 unspecified atom stereocenters. The van der Waals surface area contributed by atoms with Crippen molar-refractivity contribution in [1.82, 2.24) is 5.32 Å². The van der Waals surface area contributed by atoms with Gasteiger partial charge < -0.3 is 21.1 Å². The molecule has 0 aromatic rings. The fourth-order valence-electron chi connectivity index (χ4n) is 6.11. The van der Waals surface area contributed by atoms with Gasteiger partial charge in [-0.15, -0.1) is 0 Å². The second-order valence-corrected chi connectivity index (χ2v) is 16.0. The van der Waals surface area contributed by atoms with Crippen molar-refractivity contribution < 1.29 is 28.4 Å². The van der Waals surface area contributed by atoms with Crippen LogP contribution in [-0.2, 0) is 18.4 Å². The quantitative estimate of drug-likeness (QED) is 0.0277. The van der Waals surface area contributed by atoms with Crippen LogP contribution < -0.4 is 11.1 Å². The number of nitrogens with two attached hydrogens (primary N) is 1. The van der Waals surface area contributed by atoms with E-state index in [-0.39, 0.29) is 32.1 Å². The van der Waals surface area contributed by atoms with E-state index in [9.17, 15) is 19.4 Å². The SMILES string of the molecule is CC/C=C\C/C=C\C/C=C\C/C=C\C/C=C\CCCC(=O)NC(COP(=O)(O)OCCN)C(O)CCCCCCCCCCCCCCCCCCCC. The van der Waals surface area contributed by atoms with Gasteiger partial charge in [-0.2, -0.15) is 0 Å². The number of hydrogen-bond donors (Lipinski definition) is 4. The zero-order valence-corrected chi connectivity index (χ0v) is 35.6. The summed E-state index contributed by atoms with van der Waals surface area (Å²) in [6.07, 6.45) is 50.9. The number of phosphoric acid groups is 1. The van der Waals surface area contributed by atoms with E-state index in [0.29, 0.717) is 12.8 Å². The van der Waals surface area contributed by atoms with Gasteiger partial charge >= 0.3 is 7.82 Å².